The average Bonchev–Trinajstić information content (AvgIpc) is 2.72. The predicted molar refractivity (Wildman–Crippen MR) is 120 cm³/mol. The van der Waals surface area contributed by atoms with Gasteiger partial charge in [-0.25, -0.2) is 9.78 Å². The van der Waals surface area contributed by atoms with E-state index in [1.54, 1.807) is 12.3 Å². The minimum absolute atomic E-state index is 0.0210. The number of likely N-dealkylation sites (tertiary alicyclic amines) is 1. The highest BCUT2D eigenvalue weighted by atomic mass is 16.5. The summed E-state index contributed by atoms with van der Waals surface area (Å²) in [4.78, 5) is 30.8. The molecule has 7 heteroatoms. The summed E-state index contributed by atoms with van der Waals surface area (Å²) in [6, 6.07) is 9.46. The SMILES string of the molecule is Cc1cccc(NC(=O)N2CCC(Oc3ccc(NC(=O)C4CCC4)cn3)CC2)c1C. The molecule has 2 N–H and O–H groups in total. The number of aryl methyl sites for hydroxylation is 1. The van der Waals surface area contributed by atoms with Gasteiger partial charge in [0.2, 0.25) is 11.8 Å². The number of carbonyl (C=O) groups excluding carboxylic acids is 2. The molecule has 0 atom stereocenters. The van der Waals surface area contributed by atoms with Crippen molar-refractivity contribution in [3.8, 4) is 5.88 Å². The summed E-state index contributed by atoms with van der Waals surface area (Å²) < 4.78 is 5.99. The van der Waals surface area contributed by atoms with E-state index in [1.807, 2.05) is 43.0 Å². The summed E-state index contributed by atoms with van der Waals surface area (Å²) in [6.45, 7) is 5.33. The summed E-state index contributed by atoms with van der Waals surface area (Å²) in [5.41, 5.74) is 3.80. The molecule has 7 nitrogen and oxygen atoms in total. The first-order valence-electron chi connectivity index (χ1n) is 11.1. The van der Waals surface area contributed by atoms with Gasteiger partial charge in [-0.05, 0) is 49.9 Å². The van der Waals surface area contributed by atoms with E-state index in [1.165, 1.54) is 0 Å². The topological polar surface area (TPSA) is 83.6 Å². The number of hydrogen-bond acceptors (Lipinski definition) is 4. The Morgan fingerprint density at radius 2 is 1.81 bits per heavy atom. The van der Waals surface area contributed by atoms with Crippen LogP contribution >= 0.6 is 0 Å². The van der Waals surface area contributed by atoms with Crippen molar-refractivity contribution in [1.82, 2.24) is 9.88 Å². The summed E-state index contributed by atoms with van der Waals surface area (Å²) in [5.74, 6) is 0.765. The maximum atomic E-state index is 12.6. The minimum Gasteiger partial charge on any atom is -0.474 e. The normalized spacial score (nSPS) is 17.0. The molecule has 1 aromatic heterocycles. The fourth-order valence-corrected chi connectivity index (χ4v) is 3.87. The van der Waals surface area contributed by atoms with Crippen LogP contribution in [0.25, 0.3) is 0 Å². The quantitative estimate of drug-likeness (QED) is 0.742. The van der Waals surface area contributed by atoms with Crippen LogP contribution in [-0.2, 0) is 4.79 Å². The Balaban J connectivity index is 1.23. The Morgan fingerprint density at radius 1 is 1.03 bits per heavy atom. The van der Waals surface area contributed by atoms with Crippen molar-refractivity contribution >= 4 is 23.3 Å². The maximum absolute atomic E-state index is 12.6. The van der Waals surface area contributed by atoms with E-state index in [2.05, 4.69) is 15.6 Å². The number of aromatic nitrogens is 1. The van der Waals surface area contributed by atoms with E-state index in [0.29, 0.717) is 24.7 Å². The largest absolute Gasteiger partial charge is 0.474 e. The molecule has 0 radical (unpaired) electrons. The van der Waals surface area contributed by atoms with E-state index < -0.39 is 0 Å². The van der Waals surface area contributed by atoms with Crippen LogP contribution in [0.4, 0.5) is 16.2 Å². The van der Waals surface area contributed by atoms with E-state index in [4.69, 9.17) is 4.74 Å². The van der Waals surface area contributed by atoms with E-state index in [-0.39, 0.29) is 24.0 Å². The van der Waals surface area contributed by atoms with E-state index in [0.717, 1.165) is 48.9 Å². The van der Waals surface area contributed by atoms with Crippen molar-refractivity contribution in [3.05, 3.63) is 47.7 Å². The molecule has 2 fully saturated rings. The number of nitrogens with zero attached hydrogens (tertiary/aromatic N) is 2. The molecule has 2 aromatic rings. The summed E-state index contributed by atoms with van der Waals surface area (Å²) >= 11 is 0. The number of anilines is 2. The van der Waals surface area contributed by atoms with Gasteiger partial charge < -0.3 is 20.3 Å². The molecule has 164 valence electrons. The monoisotopic (exact) mass is 422 g/mol. The average molecular weight is 423 g/mol. The highest BCUT2D eigenvalue weighted by Crippen LogP contribution is 2.28. The van der Waals surface area contributed by atoms with Crippen LogP contribution in [-0.4, -0.2) is 41.0 Å². The number of urea groups is 1. The number of carbonyl (C=O) groups is 2. The van der Waals surface area contributed by atoms with Crippen LogP contribution in [0.2, 0.25) is 0 Å². The zero-order valence-electron chi connectivity index (χ0n) is 18.2. The Labute approximate surface area is 183 Å². The van der Waals surface area contributed by atoms with Gasteiger partial charge in [-0.1, -0.05) is 18.6 Å². The van der Waals surface area contributed by atoms with Gasteiger partial charge in [-0.2, -0.15) is 0 Å². The van der Waals surface area contributed by atoms with Crippen LogP contribution < -0.4 is 15.4 Å². The van der Waals surface area contributed by atoms with Gasteiger partial charge in [-0.3, -0.25) is 4.79 Å². The first kappa shape index (κ1) is 21.2. The Morgan fingerprint density at radius 3 is 2.45 bits per heavy atom. The van der Waals surface area contributed by atoms with Crippen LogP contribution in [0.3, 0.4) is 0 Å². The summed E-state index contributed by atoms with van der Waals surface area (Å²) in [6.07, 6.45) is 6.24. The Bertz CT molecular complexity index is 932. The molecule has 3 amide bonds. The molecule has 1 saturated carbocycles. The lowest BCUT2D eigenvalue weighted by atomic mass is 9.85. The molecular formula is C24H30N4O3. The van der Waals surface area contributed by atoms with Gasteiger partial charge in [0.1, 0.15) is 6.10 Å². The molecule has 31 heavy (non-hydrogen) atoms. The lowest BCUT2D eigenvalue weighted by Crippen LogP contribution is -2.43. The molecule has 1 aliphatic carbocycles. The molecule has 2 aliphatic rings. The van der Waals surface area contributed by atoms with Gasteiger partial charge >= 0.3 is 6.03 Å². The van der Waals surface area contributed by atoms with Crippen molar-refractivity contribution in [2.45, 2.75) is 52.1 Å². The van der Waals surface area contributed by atoms with Crippen molar-refractivity contribution in [2.75, 3.05) is 23.7 Å². The third-order valence-corrected chi connectivity index (χ3v) is 6.34. The maximum Gasteiger partial charge on any atom is 0.321 e. The van der Waals surface area contributed by atoms with Gasteiger partial charge in [0, 0.05) is 43.6 Å². The van der Waals surface area contributed by atoms with Crippen molar-refractivity contribution in [3.63, 3.8) is 0 Å². The number of nitrogens with one attached hydrogen (secondary N) is 2. The first-order valence-corrected chi connectivity index (χ1v) is 11.1. The molecule has 4 rings (SSSR count). The van der Waals surface area contributed by atoms with Crippen molar-refractivity contribution in [1.29, 1.82) is 0 Å². The minimum atomic E-state index is -0.0724. The third kappa shape index (κ3) is 5.16. The molecule has 1 aliphatic heterocycles. The lowest BCUT2D eigenvalue weighted by Gasteiger charge is -2.32. The van der Waals surface area contributed by atoms with Crippen molar-refractivity contribution in [2.24, 2.45) is 5.92 Å². The van der Waals surface area contributed by atoms with Crippen LogP contribution in [0, 0.1) is 19.8 Å². The number of rotatable bonds is 5. The van der Waals surface area contributed by atoms with E-state index in [9.17, 15) is 9.59 Å². The zero-order chi connectivity index (χ0) is 21.8. The fraction of sp³-hybridized carbons (Fsp3) is 0.458. The van der Waals surface area contributed by atoms with Crippen LogP contribution in [0.15, 0.2) is 36.5 Å². The smallest absolute Gasteiger partial charge is 0.321 e. The second-order valence-electron chi connectivity index (χ2n) is 8.48. The molecule has 1 aromatic carbocycles. The molecule has 0 spiro atoms. The second-order valence-corrected chi connectivity index (χ2v) is 8.48. The number of amides is 3. The number of benzene rings is 1. The van der Waals surface area contributed by atoms with Crippen molar-refractivity contribution < 1.29 is 14.3 Å². The van der Waals surface area contributed by atoms with Gasteiger partial charge in [0.05, 0.1) is 11.9 Å². The zero-order valence-corrected chi connectivity index (χ0v) is 18.2. The number of hydrogen-bond donors (Lipinski definition) is 2. The lowest BCUT2D eigenvalue weighted by molar-refractivity contribution is -0.122. The van der Waals surface area contributed by atoms with Gasteiger partial charge in [-0.15, -0.1) is 0 Å². The molecule has 0 bridgehead atoms. The van der Waals surface area contributed by atoms with Gasteiger partial charge in [0.25, 0.3) is 0 Å². The van der Waals surface area contributed by atoms with E-state index >= 15 is 0 Å². The summed E-state index contributed by atoms with van der Waals surface area (Å²) in [5, 5.41) is 5.93. The number of pyridine rings is 1. The fourth-order valence-electron chi connectivity index (χ4n) is 3.87. The van der Waals surface area contributed by atoms with Crippen LogP contribution in [0.1, 0.15) is 43.2 Å². The Hall–Kier alpha value is -3.09. The predicted octanol–water partition coefficient (Wildman–Crippen LogP) is 4.51. The highest BCUT2D eigenvalue weighted by molar-refractivity contribution is 5.93. The number of ether oxygens (including phenoxy) is 1. The van der Waals surface area contributed by atoms with Gasteiger partial charge in [0.15, 0.2) is 0 Å². The highest BCUT2D eigenvalue weighted by Gasteiger charge is 2.26. The molecule has 2 heterocycles. The first-order chi connectivity index (χ1) is 15.0. The molecule has 0 unspecified atom stereocenters. The number of piperidine rings is 1. The van der Waals surface area contributed by atoms with Crippen LogP contribution in [0.5, 0.6) is 5.88 Å². The second kappa shape index (κ2) is 9.37. The summed E-state index contributed by atoms with van der Waals surface area (Å²) in [7, 11) is 0. The molecule has 1 saturated heterocycles. The standard InChI is InChI=1S/C24H30N4O3/c1-16-5-3-8-21(17(16)2)27-24(30)28-13-11-20(12-14-28)31-22-10-9-19(15-25-22)26-23(29)18-6-4-7-18/h3,5,8-10,15,18,20H,4,6-7,11-14H2,1-2H3,(H,26,29)(H,27,30). The molecular weight excluding hydrogens is 392 g/mol. The third-order valence-electron chi connectivity index (χ3n) is 6.34. The Kier molecular flexibility index (Phi) is 6.39.